The topological polar surface area (TPSA) is 71.1 Å². The van der Waals surface area contributed by atoms with Gasteiger partial charge >= 0.3 is 0 Å². The van der Waals surface area contributed by atoms with Crippen LogP contribution in [0.4, 0.5) is 11.4 Å². The van der Waals surface area contributed by atoms with Crippen LogP contribution >= 0.6 is 0 Å². The van der Waals surface area contributed by atoms with Crippen molar-refractivity contribution in [3.63, 3.8) is 0 Å². The zero-order valence-electron chi connectivity index (χ0n) is 15.8. The van der Waals surface area contributed by atoms with Crippen molar-refractivity contribution in [1.29, 1.82) is 0 Å². The Morgan fingerprint density at radius 1 is 0.929 bits per heavy atom. The minimum atomic E-state index is -0.264. The van der Waals surface area contributed by atoms with Gasteiger partial charge in [0.1, 0.15) is 0 Å². The normalized spacial score (nSPS) is 10.2. The van der Waals surface area contributed by atoms with E-state index in [1.54, 1.807) is 30.6 Å². The lowest BCUT2D eigenvalue weighted by atomic mass is 10.0. The number of nitrogens with one attached hydrogen (secondary N) is 2. The van der Waals surface area contributed by atoms with Gasteiger partial charge < -0.3 is 10.6 Å². The standard InChI is InChI=1S/C23H21N3O2/c1-4-21(27)25-20-10-8-17(9-11-20)18-12-19(14-24-13-18)23(28)26-22-15(2)6-5-7-16(22)3/h4-14H,1H2,2-3H3,(H,25,27)(H,26,28). The van der Waals surface area contributed by atoms with Crippen molar-refractivity contribution in [2.24, 2.45) is 0 Å². The number of amides is 2. The lowest BCUT2D eigenvalue weighted by Crippen LogP contribution is -2.14. The third kappa shape index (κ3) is 4.32. The van der Waals surface area contributed by atoms with Crippen molar-refractivity contribution >= 4 is 23.2 Å². The molecule has 0 aliphatic rings. The first-order valence-corrected chi connectivity index (χ1v) is 8.84. The van der Waals surface area contributed by atoms with Crippen LogP contribution in [0.5, 0.6) is 0 Å². The molecule has 1 heterocycles. The van der Waals surface area contributed by atoms with Gasteiger partial charge in [0.05, 0.1) is 5.56 Å². The Labute approximate surface area is 164 Å². The number of carbonyl (C=O) groups excluding carboxylic acids is 2. The summed E-state index contributed by atoms with van der Waals surface area (Å²) in [6.45, 7) is 7.36. The minimum absolute atomic E-state index is 0.207. The second-order valence-electron chi connectivity index (χ2n) is 6.45. The van der Waals surface area contributed by atoms with E-state index in [0.29, 0.717) is 11.3 Å². The SMILES string of the molecule is C=CC(=O)Nc1ccc(-c2cncc(C(=O)Nc3c(C)cccc3C)c2)cc1. The van der Waals surface area contributed by atoms with E-state index in [9.17, 15) is 9.59 Å². The minimum Gasteiger partial charge on any atom is -0.323 e. The number of pyridine rings is 1. The molecule has 28 heavy (non-hydrogen) atoms. The van der Waals surface area contributed by atoms with E-state index in [-0.39, 0.29) is 11.8 Å². The molecule has 5 nitrogen and oxygen atoms in total. The third-order valence-electron chi connectivity index (χ3n) is 4.39. The Balaban J connectivity index is 1.81. The summed E-state index contributed by atoms with van der Waals surface area (Å²) in [5.74, 6) is -0.471. The molecule has 5 heteroatoms. The highest BCUT2D eigenvalue weighted by Gasteiger charge is 2.11. The molecular weight excluding hydrogens is 350 g/mol. The smallest absolute Gasteiger partial charge is 0.257 e. The number of aryl methyl sites for hydroxylation is 2. The third-order valence-corrected chi connectivity index (χ3v) is 4.39. The van der Waals surface area contributed by atoms with Crippen LogP contribution in [0.1, 0.15) is 21.5 Å². The summed E-state index contributed by atoms with van der Waals surface area (Å²) < 4.78 is 0. The van der Waals surface area contributed by atoms with Crippen molar-refractivity contribution in [3.05, 3.63) is 90.3 Å². The summed E-state index contributed by atoms with van der Waals surface area (Å²) in [5, 5.41) is 5.68. The first-order valence-electron chi connectivity index (χ1n) is 8.84. The Hall–Kier alpha value is -3.73. The van der Waals surface area contributed by atoms with Gasteiger partial charge in [0.25, 0.3) is 5.91 Å². The van der Waals surface area contributed by atoms with Gasteiger partial charge in [-0.25, -0.2) is 0 Å². The van der Waals surface area contributed by atoms with Crippen LogP contribution in [-0.4, -0.2) is 16.8 Å². The fourth-order valence-electron chi connectivity index (χ4n) is 2.86. The Morgan fingerprint density at radius 2 is 1.61 bits per heavy atom. The molecule has 3 aromatic rings. The summed E-state index contributed by atoms with van der Waals surface area (Å²) in [6, 6.07) is 15.0. The molecule has 0 radical (unpaired) electrons. The van der Waals surface area contributed by atoms with Crippen molar-refractivity contribution in [2.45, 2.75) is 13.8 Å². The van der Waals surface area contributed by atoms with Crippen LogP contribution in [0.3, 0.4) is 0 Å². The van der Waals surface area contributed by atoms with E-state index in [1.165, 1.54) is 6.08 Å². The Morgan fingerprint density at radius 3 is 2.25 bits per heavy atom. The molecule has 3 rings (SSSR count). The van der Waals surface area contributed by atoms with Crippen LogP contribution in [-0.2, 0) is 4.79 Å². The molecule has 0 aliphatic carbocycles. The van der Waals surface area contributed by atoms with Crippen LogP contribution in [0.2, 0.25) is 0 Å². The number of benzene rings is 2. The highest BCUT2D eigenvalue weighted by atomic mass is 16.2. The molecule has 0 spiro atoms. The van der Waals surface area contributed by atoms with E-state index in [0.717, 1.165) is 27.9 Å². The molecule has 0 bridgehead atoms. The molecule has 2 N–H and O–H groups in total. The first kappa shape index (κ1) is 19.0. The van der Waals surface area contributed by atoms with Gasteiger partial charge in [-0.2, -0.15) is 0 Å². The van der Waals surface area contributed by atoms with E-state index in [2.05, 4.69) is 22.2 Å². The van der Waals surface area contributed by atoms with E-state index in [4.69, 9.17) is 0 Å². The van der Waals surface area contributed by atoms with Crippen LogP contribution in [0, 0.1) is 13.8 Å². The number of nitrogens with zero attached hydrogens (tertiary/aromatic N) is 1. The van der Waals surface area contributed by atoms with Gasteiger partial charge in [0.2, 0.25) is 5.91 Å². The molecule has 0 fully saturated rings. The first-order chi connectivity index (χ1) is 13.5. The largest absolute Gasteiger partial charge is 0.323 e. The number of rotatable bonds is 5. The average molecular weight is 371 g/mol. The van der Waals surface area contributed by atoms with E-state index in [1.807, 2.05) is 44.2 Å². The number of aromatic nitrogens is 1. The molecule has 140 valence electrons. The summed E-state index contributed by atoms with van der Waals surface area (Å²) in [6.07, 6.45) is 4.47. The quantitative estimate of drug-likeness (QED) is 0.636. The number of hydrogen-bond acceptors (Lipinski definition) is 3. The summed E-state index contributed by atoms with van der Waals surface area (Å²) in [7, 11) is 0. The Kier molecular flexibility index (Phi) is 5.65. The number of para-hydroxylation sites is 1. The number of anilines is 2. The predicted molar refractivity (Wildman–Crippen MR) is 112 cm³/mol. The van der Waals surface area contributed by atoms with Crippen molar-refractivity contribution in [1.82, 2.24) is 4.98 Å². The second-order valence-corrected chi connectivity index (χ2v) is 6.45. The fraction of sp³-hybridized carbons (Fsp3) is 0.0870. The summed E-state index contributed by atoms with van der Waals surface area (Å²) in [4.78, 5) is 28.3. The molecule has 0 saturated carbocycles. The Bertz CT molecular complexity index is 1020. The molecule has 2 aromatic carbocycles. The molecule has 0 atom stereocenters. The highest BCUT2D eigenvalue weighted by molar-refractivity contribution is 6.05. The van der Waals surface area contributed by atoms with Gasteiger partial charge in [-0.15, -0.1) is 0 Å². The van der Waals surface area contributed by atoms with Crippen molar-refractivity contribution < 1.29 is 9.59 Å². The van der Waals surface area contributed by atoms with Gasteiger partial charge in [-0.05, 0) is 54.8 Å². The van der Waals surface area contributed by atoms with Gasteiger partial charge in [-0.3, -0.25) is 14.6 Å². The zero-order chi connectivity index (χ0) is 20.1. The van der Waals surface area contributed by atoms with Crippen LogP contribution in [0.15, 0.2) is 73.6 Å². The molecule has 0 unspecified atom stereocenters. The molecule has 2 amide bonds. The van der Waals surface area contributed by atoms with Gasteiger partial charge in [0, 0.05) is 29.3 Å². The van der Waals surface area contributed by atoms with Crippen LogP contribution in [0.25, 0.3) is 11.1 Å². The van der Waals surface area contributed by atoms with E-state index >= 15 is 0 Å². The van der Waals surface area contributed by atoms with E-state index < -0.39 is 0 Å². The number of carbonyl (C=O) groups is 2. The lowest BCUT2D eigenvalue weighted by Gasteiger charge is -2.12. The molecule has 1 aromatic heterocycles. The second kappa shape index (κ2) is 8.31. The summed E-state index contributed by atoms with van der Waals surface area (Å²) >= 11 is 0. The number of hydrogen-bond donors (Lipinski definition) is 2. The molecular formula is C23H21N3O2. The zero-order valence-corrected chi connectivity index (χ0v) is 15.8. The maximum Gasteiger partial charge on any atom is 0.257 e. The van der Waals surface area contributed by atoms with Gasteiger partial charge in [-0.1, -0.05) is 36.9 Å². The van der Waals surface area contributed by atoms with Crippen molar-refractivity contribution in [2.75, 3.05) is 10.6 Å². The lowest BCUT2D eigenvalue weighted by molar-refractivity contribution is -0.111. The maximum absolute atomic E-state index is 12.7. The molecule has 0 saturated heterocycles. The predicted octanol–water partition coefficient (Wildman–Crippen LogP) is 4.74. The van der Waals surface area contributed by atoms with Crippen LogP contribution < -0.4 is 10.6 Å². The average Bonchev–Trinajstić information content (AvgIpc) is 2.71. The van der Waals surface area contributed by atoms with Crippen molar-refractivity contribution in [3.8, 4) is 11.1 Å². The maximum atomic E-state index is 12.7. The van der Waals surface area contributed by atoms with Gasteiger partial charge in [0.15, 0.2) is 0 Å². The highest BCUT2D eigenvalue weighted by Crippen LogP contribution is 2.23. The summed E-state index contributed by atoms with van der Waals surface area (Å²) in [5.41, 5.74) is 5.70. The monoisotopic (exact) mass is 371 g/mol. The fourth-order valence-corrected chi connectivity index (χ4v) is 2.86. The molecule has 0 aliphatic heterocycles.